The van der Waals surface area contributed by atoms with Crippen LogP contribution in [-0.2, 0) is 4.79 Å². The monoisotopic (exact) mass is 405 g/mol. The molecule has 0 saturated carbocycles. The summed E-state index contributed by atoms with van der Waals surface area (Å²) < 4.78 is 1.88. The van der Waals surface area contributed by atoms with Crippen LogP contribution in [0, 0.1) is 13.8 Å². The van der Waals surface area contributed by atoms with Crippen LogP contribution >= 0.6 is 11.8 Å². The Hall–Kier alpha value is -3.06. The van der Waals surface area contributed by atoms with Crippen LogP contribution in [0.3, 0.4) is 0 Å². The van der Waals surface area contributed by atoms with Gasteiger partial charge in [0.2, 0.25) is 5.91 Å². The van der Waals surface area contributed by atoms with Gasteiger partial charge in [-0.25, -0.2) is 9.67 Å². The van der Waals surface area contributed by atoms with Gasteiger partial charge in [-0.3, -0.25) is 4.79 Å². The number of hydrogen-bond donors (Lipinski definition) is 2. The number of nitrogens with zero attached hydrogens (tertiary/aromatic N) is 3. The maximum atomic E-state index is 12.5. The molecule has 0 saturated heterocycles. The van der Waals surface area contributed by atoms with Crippen molar-refractivity contribution in [1.82, 2.24) is 19.7 Å². The first-order valence-electron chi connectivity index (χ1n) is 9.49. The fraction of sp³-hybridized carbons (Fsp3) is 0.227. The Morgan fingerprint density at radius 2 is 2.00 bits per heavy atom. The van der Waals surface area contributed by atoms with Gasteiger partial charge in [0.1, 0.15) is 5.82 Å². The molecule has 0 radical (unpaired) electrons. The summed E-state index contributed by atoms with van der Waals surface area (Å²) in [6, 6.07) is 17.7. The quantitative estimate of drug-likeness (QED) is 0.483. The van der Waals surface area contributed by atoms with Gasteiger partial charge in [-0.15, -0.1) is 11.8 Å². The zero-order valence-electron chi connectivity index (χ0n) is 16.6. The van der Waals surface area contributed by atoms with Crippen LogP contribution in [0.1, 0.15) is 29.4 Å². The fourth-order valence-corrected chi connectivity index (χ4v) is 3.99. The minimum atomic E-state index is -0.0384. The lowest BCUT2D eigenvalue weighted by Gasteiger charge is -2.10. The van der Waals surface area contributed by atoms with E-state index in [9.17, 15) is 4.79 Å². The molecule has 2 aromatic carbocycles. The molecule has 0 aliphatic carbocycles. The largest absolute Gasteiger partial charge is 0.341 e. The normalized spacial score (nSPS) is 12.2. The highest BCUT2D eigenvalue weighted by Crippen LogP contribution is 2.28. The van der Waals surface area contributed by atoms with Gasteiger partial charge in [0.05, 0.1) is 33.4 Å². The van der Waals surface area contributed by atoms with Crippen LogP contribution in [0.5, 0.6) is 0 Å². The minimum Gasteiger partial charge on any atom is -0.341 e. The number of aryl methyl sites for hydroxylation is 2. The van der Waals surface area contributed by atoms with Gasteiger partial charge in [-0.1, -0.05) is 18.2 Å². The lowest BCUT2D eigenvalue weighted by atomic mass is 10.2. The second-order valence-electron chi connectivity index (χ2n) is 7.03. The molecule has 1 amide bonds. The second kappa shape index (κ2) is 8.13. The number of imidazole rings is 1. The number of carbonyl (C=O) groups excluding carboxylic acids is 1. The lowest BCUT2D eigenvalue weighted by molar-refractivity contribution is -0.113. The summed E-state index contributed by atoms with van der Waals surface area (Å²) in [6.45, 7) is 6.04. The number of fused-ring (bicyclic) bond motifs is 1. The number of rotatable bonds is 6. The van der Waals surface area contributed by atoms with Crippen molar-refractivity contribution in [2.75, 3.05) is 11.1 Å². The lowest BCUT2D eigenvalue weighted by Crippen LogP contribution is -2.15. The van der Waals surface area contributed by atoms with Crippen molar-refractivity contribution in [2.45, 2.75) is 26.0 Å². The molecular weight excluding hydrogens is 382 g/mol. The van der Waals surface area contributed by atoms with Crippen LogP contribution in [0.2, 0.25) is 0 Å². The van der Waals surface area contributed by atoms with E-state index in [1.54, 1.807) is 11.8 Å². The molecule has 148 valence electrons. The maximum Gasteiger partial charge on any atom is 0.234 e. The van der Waals surface area contributed by atoms with E-state index in [0.29, 0.717) is 5.75 Å². The third kappa shape index (κ3) is 4.35. The third-order valence-corrected chi connectivity index (χ3v) is 5.79. The van der Waals surface area contributed by atoms with Crippen molar-refractivity contribution in [3.8, 4) is 5.69 Å². The molecule has 1 atom stereocenters. The molecule has 0 spiro atoms. The number of H-pyrrole nitrogens is 1. The van der Waals surface area contributed by atoms with Crippen molar-refractivity contribution in [1.29, 1.82) is 0 Å². The number of anilines is 1. The van der Waals surface area contributed by atoms with Gasteiger partial charge in [0.25, 0.3) is 0 Å². The highest BCUT2D eigenvalue weighted by Gasteiger charge is 2.14. The van der Waals surface area contributed by atoms with E-state index < -0.39 is 0 Å². The maximum absolute atomic E-state index is 12.5. The standard InChI is InChI=1S/C22H23N5OS/c1-14-11-15(2)27(26-14)18-8-6-7-17(12-18)23-21(28)13-29-16(3)22-24-19-9-4-5-10-20(19)25-22/h4-12,16H,13H2,1-3H3,(H,23,28)(H,24,25). The van der Waals surface area contributed by atoms with Gasteiger partial charge in [-0.2, -0.15) is 5.10 Å². The molecule has 0 fully saturated rings. The van der Waals surface area contributed by atoms with Gasteiger partial charge in [0.15, 0.2) is 0 Å². The van der Waals surface area contributed by atoms with Crippen molar-refractivity contribution < 1.29 is 4.79 Å². The van der Waals surface area contributed by atoms with Crippen LogP contribution in [-0.4, -0.2) is 31.4 Å². The van der Waals surface area contributed by atoms with Gasteiger partial charge < -0.3 is 10.3 Å². The highest BCUT2D eigenvalue weighted by molar-refractivity contribution is 8.00. The van der Waals surface area contributed by atoms with Gasteiger partial charge in [-0.05, 0) is 57.2 Å². The smallest absolute Gasteiger partial charge is 0.234 e. The number of benzene rings is 2. The molecule has 29 heavy (non-hydrogen) atoms. The summed E-state index contributed by atoms with van der Waals surface area (Å²) in [7, 11) is 0. The molecule has 0 aliphatic heterocycles. The molecular formula is C22H23N5OS. The molecule has 0 bridgehead atoms. The molecule has 6 nitrogen and oxygen atoms in total. The summed E-state index contributed by atoms with van der Waals surface area (Å²) in [5, 5.41) is 7.57. The number of carbonyl (C=O) groups is 1. The SMILES string of the molecule is Cc1cc(C)n(-c2cccc(NC(=O)CSC(C)c3nc4ccccc4[nH]3)c2)n1. The van der Waals surface area contributed by atoms with Crippen molar-refractivity contribution >= 4 is 34.4 Å². The first-order chi connectivity index (χ1) is 14.0. The Morgan fingerprint density at radius 3 is 2.76 bits per heavy atom. The van der Waals surface area contributed by atoms with Crippen molar-refractivity contribution in [3.05, 3.63) is 71.8 Å². The topological polar surface area (TPSA) is 75.6 Å². The molecule has 2 aromatic heterocycles. The first-order valence-corrected chi connectivity index (χ1v) is 10.5. The van der Waals surface area contributed by atoms with E-state index >= 15 is 0 Å². The van der Waals surface area contributed by atoms with Crippen LogP contribution in [0.15, 0.2) is 54.6 Å². The zero-order chi connectivity index (χ0) is 20.4. The predicted molar refractivity (Wildman–Crippen MR) is 119 cm³/mol. The zero-order valence-corrected chi connectivity index (χ0v) is 17.5. The molecule has 0 aliphatic rings. The Morgan fingerprint density at radius 1 is 1.17 bits per heavy atom. The number of aromatic nitrogens is 4. The van der Waals surface area contributed by atoms with E-state index in [-0.39, 0.29) is 11.2 Å². The highest BCUT2D eigenvalue weighted by atomic mass is 32.2. The molecule has 4 rings (SSSR count). The number of thioether (sulfide) groups is 1. The summed E-state index contributed by atoms with van der Waals surface area (Å²) in [6.07, 6.45) is 0. The summed E-state index contributed by atoms with van der Waals surface area (Å²) in [5.74, 6) is 1.20. The van der Waals surface area contributed by atoms with Crippen molar-refractivity contribution in [2.24, 2.45) is 0 Å². The van der Waals surface area contributed by atoms with Crippen LogP contribution in [0.25, 0.3) is 16.7 Å². The van der Waals surface area contributed by atoms with Gasteiger partial charge in [0, 0.05) is 11.4 Å². The Bertz CT molecular complexity index is 1130. The molecule has 7 heteroatoms. The van der Waals surface area contributed by atoms with E-state index in [1.807, 2.05) is 73.1 Å². The molecule has 2 heterocycles. The van der Waals surface area contributed by atoms with Crippen LogP contribution in [0.4, 0.5) is 5.69 Å². The molecule has 1 unspecified atom stereocenters. The second-order valence-corrected chi connectivity index (χ2v) is 8.36. The average Bonchev–Trinajstić information content (AvgIpc) is 3.29. The Kier molecular flexibility index (Phi) is 5.40. The summed E-state index contributed by atoms with van der Waals surface area (Å²) in [4.78, 5) is 20.4. The number of nitrogens with one attached hydrogen (secondary N) is 2. The number of hydrogen-bond acceptors (Lipinski definition) is 4. The Balaban J connectivity index is 1.38. The number of para-hydroxylation sites is 2. The Labute approximate surface area is 173 Å². The van der Waals surface area contributed by atoms with E-state index in [4.69, 9.17) is 0 Å². The molecule has 2 N–H and O–H groups in total. The first kappa shape index (κ1) is 19.3. The minimum absolute atomic E-state index is 0.0384. The van der Waals surface area contributed by atoms with E-state index in [2.05, 4.69) is 27.3 Å². The summed E-state index contributed by atoms with van der Waals surface area (Å²) in [5.41, 5.74) is 5.67. The predicted octanol–water partition coefficient (Wildman–Crippen LogP) is 4.80. The number of aromatic amines is 1. The molecule has 4 aromatic rings. The fourth-order valence-electron chi connectivity index (χ4n) is 3.25. The van der Waals surface area contributed by atoms with E-state index in [1.165, 1.54) is 0 Å². The van der Waals surface area contributed by atoms with Crippen molar-refractivity contribution in [3.63, 3.8) is 0 Å². The summed E-state index contributed by atoms with van der Waals surface area (Å²) >= 11 is 1.56. The number of amides is 1. The van der Waals surface area contributed by atoms with Crippen LogP contribution < -0.4 is 5.32 Å². The van der Waals surface area contributed by atoms with E-state index in [0.717, 1.165) is 39.6 Å². The average molecular weight is 406 g/mol. The third-order valence-electron chi connectivity index (χ3n) is 4.64. The van der Waals surface area contributed by atoms with Gasteiger partial charge >= 0.3 is 0 Å².